The Labute approximate surface area is 155 Å². The van der Waals surface area contributed by atoms with Crippen LogP contribution in [0.2, 0.25) is 0 Å². The van der Waals surface area contributed by atoms with Crippen LogP contribution < -0.4 is 21.9 Å². The van der Waals surface area contributed by atoms with E-state index in [-0.39, 0.29) is 23.7 Å². The van der Waals surface area contributed by atoms with Crippen molar-refractivity contribution in [2.75, 3.05) is 43.4 Å². The maximum Gasteiger partial charge on any atom is 0.329 e. The van der Waals surface area contributed by atoms with Gasteiger partial charge in [-0.3, -0.25) is 24.0 Å². The summed E-state index contributed by atoms with van der Waals surface area (Å²) in [4.78, 5) is 51.3. The van der Waals surface area contributed by atoms with E-state index in [1.54, 1.807) is 18.5 Å². The van der Waals surface area contributed by atoms with Crippen LogP contribution in [0.25, 0.3) is 0 Å². The van der Waals surface area contributed by atoms with Gasteiger partial charge in [-0.1, -0.05) is 6.92 Å². The van der Waals surface area contributed by atoms with E-state index < -0.39 is 11.2 Å². The Bertz CT molecular complexity index is 914. The van der Waals surface area contributed by atoms with Crippen molar-refractivity contribution in [3.05, 3.63) is 44.9 Å². The zero-order chi connectivity index (χ0) is 19.4. The van der Waals surface area contributed by atoms with Gasteiger partial charge in [0.05, 0.1) is 6.54 Å². The molecule has 0 spiro atoms. The van der Waals surface area contributed by atoms with Crippen molar-refractivity contribution < 1.29 is 4.79 Å². The predicted octanol–water partition coefficient (Wildman–Crippen LogP) is -0.676. The lowest BCUT2D eigenvalue weighted by Crippen LogP contribution is -2.49. The van der Waals surface area contributed by atoms with Crippen molar-refractivity contribution in [1.82, 2.24) is 24.4 Å². The molecule has 0 radical (unpaired) electrons. The van der Waals surface area contributed by atoms with Gasteiger partial charge in [0.15, 0.2) is 5.78 Å². The molecule has 144 valence electrons. The minimum atomic E-state index is -0.730. The fourth-order valence-electron chi connectivity index (χ4n) is 3.15. The van der Waals surface area contributed by atoms with Crippen molar-refractivity contribution >= 4 is 17.5 Å². The zero-order valence-corrected chi connectivity index (χ0v) is 15.2. The fourth-order valence-corrected chi connectivity index (χ4v) is 3.15. The molecule has 1 aliphatic rings. The number of anilines is 2. The lowest BCUT2D eigenvalue weighted by atomic mass is 10.1. The quantitative estimate of drug-likeness (QED) is 0.637. The summed E-state index contributed by atoms with van der Waals surface area (Å²) in [5.41, 5.74) is 4.49. The second kappa shape index (κ2) is 8.12. The number of carbonyl (C=O) groups is 1. The highest BCUT2D eigenvalue weighted by molar-refractivity contribution is 6.01. The molecule has 0 bridgehead atoms. The van der Waals surface area contributed by atoms with Crippen molar-refractivity contribution in [3.8, 4) is 0 Å². The van der Waals surface area contributed by atoms with Crippen molar-refractivity contribution in [2.24, 2.45) is 0 Å². The number of Topliss-reactive ketones (excluding diaryl/α,β-unsaturated/α-hetero) is 1. The minimum Gasteiger partial charge on any atom is -0.384 e. The first-order chi connectivity index (χ1) is 13.0. The lowest BCUT2D eigenvalue weighted by Gasteiger charge is -2.34. The molecule has 3 rings (SSSR count). The topological polar surface area (TPSA) is 130 Å². The van der Waals surface area contributed by atoms with Gasteiger partial charge in [-0.15, -0.1) is 0 Å². The normalized spacial score (nSPS) is 15.1. The van der Waals surface area contributed by atoms with E-state index in [1.807, 2.05) is 16.7 Å². The van der Waals surface area contributed by atoms with Crippen LogP contribution in [0.4, 0.5) is 11.8 Å². The summed E-state index contributed by atoms with van der Waals surface area (Å²) in [7, 11) is 0. The highest BCUT2D eigenvalue weighted by atomic mass is 16.2. The number of nitrogens with two attached hydrogens (primary N) is 1. The number of nitrogens with zero attached hydrogens (tertiary/aromatic N) is 5. The number of hydrogen-bond donors (Lipinski definition) is 2. The molecule has 2 aromatic rings. The number of aromatic amines is 1. The maximum absolute atomic E-state index is 12.7. The van der Waals surface area contributed by atoms with Gasteiger partial charge in [-0.2, -0.15) is 0 Å². The summed E-state index contributed by atoms with van der Waals surface area (Å²) in [6.07, 6.45) is 4.05. The molecule has 0 unspecified atom stereocenters. The number of hydrogen-bond acceptors (Lipinski definition) is 8. The van der Waals surface area contributed by atoms with Crippen molar-refractivity contribution in [2.45, 2.75) is 19.9 Å². The smallest absolute Gasteiger partial charge is 0.329 e. The summed E-state index contributed by atoms with van der Waals surface area (Å²) in [6.45, 7) is 4.93. The highest BCUT2D eigenvalue weighted by Crippen LogP contribution is 2.11. The van der Waals surface area contributed by atoms with Crippen LogP contribution in [0.15, 0.2) is 28.0 Å². The summed E-state index contributed by atoms with van der Waals surface area (Å²) >= 11 is 0. The molecule has 0 atom stereocenters. The average Bonchev–Trinajstić information content (AvgIpc) is 2.66. The molecule has 1 fully saturated rings. The van der Waals surface area contributed by atoms with Crippen LogP contribution in [-0.2, 0) is 6.54 Å². The van der Waals surface area contributed by atoms with Crippen LogP contribution in [0.1, 0.15) is 23.7 Å². The third kappa shape index (κ3) is 4.05. The Morgan fingerprint density at radius 1 is 1.19 bits per heavy atom. The Balaban J connectivity index is 1.69. The van der Waals surface area contributed by atoms with E-state index >= 15 is 0 Å². The van der Waals surface area contributed by atoms with Gasteiger partial charge in [-0.25, -0.2) is 14.8 Å². The van der Waals surface area contributed by atoms with E-state index in [0.717, 1.165) is 0 Å². The molecule has 27 heavy (non-hydrogen) atoms. The van der Waals surface area contributed by atoms with E-state index in [1.165, 1.54) is 4.57 Å². The third-order valence-corrected chi connectivity index (χ3v) is 4.54. The second-order valence-electron chi connectivity index (χ2n) is 6.41. The Hall–Kier alpha value is -3.01. The molecule has 1 saturated heterocycles. The van der Waals surface area contributed by atoms with Crippen LogP contribution in [-0.4, -0.2) is 62.9 Å². The number of piperazine rings is 1. The minimum absolute atomic E-state index is 0.0630. The molecular formula is C17H23N7O3. The summed E-state index contributed by atoms with van der Waals surface area (Å²) in [5.74, 6) is 0.214. The number of ketones is 1. The molecule has 0 aliphatic carbocycles. The van der Waals surface area contributed by atoms with Gasteiger partial charge < -0.3 is 10.6 Å². The average molecular weight is 373 g/mol. The Morgan fingerprint density at radius 3 is 2.48 bits per heavy atom. The Kier molecular flexibility index (Phi) is 5.65. The summed E-state index contributed by atoms with van der Waals surface area (Å²) in [5, 5.41) is 0. The first-order valence-electron chi connectivity index (χ1n) is 8.91. The van der Waals surface area contributed by atoms with Crippen LogP contribution in [0.5, 0.6) is 0 Å². The van der Waals surface area contributed by atoms with Crippen LogP contribution >= 0.6 is 0 Å². The SMILES string of the molecule is CCCn1c(N)c(C(=O)CN2CCN(c3ncccn3)CC2)c(=O)[nH]c1=O. The molecule has 2 aromatic heterocycles. The number of aromatic nitrogens is 4. The van der Waals surface area contributed by atoms with Gasteiger partial charge in [0.1, 0.15) is 11.4 Å². The molecule has 1 aliphatic heterocycles. The molecule has 0 aromatic carbocycles. The lowest BCUT2D eigenvalue weighted by molar-refractivity contribution is 0.0924. The van der Waals surface area contributed by atoms with Crippen LogP contribution in [0, 0.1) is 0 Å². The second-order valence-corrected chi connectivity index (χ2v) is 6.41. The number of nitrogen functional groups attached to an aromatic ring is 1. The fraction of sp³-hybridized carbons (Fsp3) is 0.471. The van der Waals surface area contributed by atoms with Gasteiger partial charge >= 0.3 is 5.69 Å². The predicted molar refractivity (Wildman–Crippen MR) is 101 cm³/mol. The molecule has 10 heteroatoms. The van der Waals surface area contributed by atoms with Crippen molar-refractivity contribution in [1.29, 1.82) is 0 Å². The van der Waals surface area contributed by atoms with E-state index in [0.29, 0.717) is 45.1 Å². The summed E-state index contributed by atoms with van der Waals surface area (Å²) in [6, 6.07) is 1.76. The van der Waals surface area contributed by atoms with Gasteiger partial charge in [0.2, 0.25) is 5.95 Å². The summed E-state index contributed by atoms with van der Waals surface area (Å²) < 4.78 is 1.24. The van der Waals surface area contributed by atoms with Crippen molar-refractivity contribution in [3.63, 3.8) is 0 Å². The molecule has 0 amide bonds. The molecule has 10 nitrogen and oxygen atoms in total. The van der Waals surface area contributed by atoms with E-state index in [4.69, 9.17) is 5.73 Å². The standard InChI is InChI=1S/C17H23N7O3/c1-2-6-24-14(18)13(15(26)21-17(24)27)12(25)11-22-7-9-23(10-8-22)16-19-4-3-5-20-16/h3-5H,2,6-11,18H2,1H3,(H,21,26,27). The zero-order valence-electron chi connectivity index (χ0n) is 15.2. The molecular weight excluding hydrogens is 350 g/mol. The van der Waals surface area contributed by atoms with Gasteiger partial charge in [0.25, 0.3) is 5.56 Å². The monoisotopic (exact) mass is 373 g/mol. The first kappa shape index (κ1) is 18.8. The number of carbonyl (C=O) groups excluding carboxylic acids is 1. The first-order valence-corrected chi connectivity index (χ1v) is 8.91. The Morgan fingerprint density at radius 2 is 1.85 bits per heavy atom. The number of H-pyrrole nitrogens is 1. The van der Waals surface area contributed by atoms with Crippen LogP contribution in [0.3, 0.4) is 0 Å². The molecule has 0 saturated carbocycles. The van der Waals surface area contributed by atoms with Gasteiger partial charge in [0, 0.05) is 45.1 Å². The van der Waals surface area contributed by atoms with E-state index in [2.05, 4.69) is 15.0 Å². The third-order valence-electron chi connectivity index (χ3n) is 4.54. The number of nitrogens with one attached hydrogen (secondary N) is 1. The highest BCUT2D eigenvalue weighted by Gasteiger charge is 2.24. The van der Waals surface area contributed by atoms with E-state index in [9.17, 15) is 14.4 Å². The molecule has 3 heterocycles. The number of rotatable bonds is 6. The largest absolute Gasteiger partial charge is 0.384 e. The van der Waals surface area contributed by atoms with Gasteiger partial charge in [-0.05, 0) is 12.5 Å². The molecule has 3 N–H and O–H groups in total. The maximum atomic E-state index is 12.7.